The first-order chi connectivity index (χ1) is 5.85. The van der Waals surface area contributed by atoms with E-state index in [9.17, 15) is 0 Å². The maximum atomic E-state index is 8.84. The van der Waals surface area contributed by atoms with Crippen molar-refractivity contribution in [1.82, 2.24) is 5.32 Å². The van der Waals surface area contributed by atoms with Crippen LogP contribution in [0.5, 0.6) is 0 Å². The van der Waals surface area contributed by atoms with Crippen molar-refractivity contribution in [2.24, 2.45) is 0 Å². The Hall–Kier alpha value is 0.270. The van der Waals surface area contributed by atoms with Gasteiger partial charge in [-0.2, -0.15) is 11.8 Å². The molecule has 0 saturated heterocycles. The van der Waals surface area contributed by atoms with Crippen LogP contribution in [-0.4, -0.2) is 34.3 Å². The van der Waals surface area contributed by atoms with E-state index in [0.717, 1.165) is 5.75 Å². The molecule has 0 radical (unpaired) electrons. The van der Waals surface area contributed by atoms with Gasteiger partial charge in [-0.3, -0.25) is 0 Å². The molecule has 13 heavy (non-hydrogen) atoms. The van der Waals surface area contributed by atoms with E-state index in [1.54, 1.807) is 0 Å². The molecule has 2 unspecified atom stereocenters. The molecule has 0 aliphatic heterocycles. The minimum absolute atomic E-state index is 0.204. The minimum atomic E-state index is 0.204. The molecule has 0 spiro atoms. The number of aliphatic hydroxyl groups excluding tert-OH is 1. The average molecular weight is 205 g/mol. The van der Waals surface area contributed by atoms with Crippen LogP contribution in [0, 0.1) is 0 Å². The van der Waals surface area contributed by atoms with Gasteiger partial charge in [-0.1, -0.05) is 20.8 Å². The monoisotopic (exact) mass is 205 g/mol. The molecule has 2 nitrogen and oxygen atoms in total. The van der Waals surface area contributed by atoms with E-state index in [1.165, 1.54) is 0 Å². The van der Waals surface area contributed by atoms with Crippen molar-refractivity contribution in [2.75, 3.05) is 12.4 Å². The fourth-order valence-electron chi connectivity index (χ4n) is 0.962. The summed E-state index contributed by atoms with van der Waals surface area (Å²) in [4.78, 5) is 0. The second-order valence-electron chi connectivity index (χ2n) is 4.57. The predicted molar refractivity (Wildman–Crippen MR) is 61.4 cm³/mol. The van der Waals surface area contributed by atoms with Crippen molar-refractivity contribution in [2.45, 2.75) is 51.4 Å². The highest BCUT2D eigenvalue weighted by atomic mass is 32.2. The minimum Gasteiger partial charge on any atom is -0.395 e. The fraction of sp³-hybridized carbons (Fsp3) is 1.00. The first-order valence-electron chi connectivity index (χ1n) is 4.86. The van der Waals surface area contributed by atoms with Crippen LogP contribution >= 0.6 is 11.8 Å². The molecule has 0 fully saturated rings. The molecular formula is C10H23NOS. The fourth-order valence-corrected chi connectivity index (χ4v) is 1.81. The third-order valence-corrected chi connectivity index (χ3v) is 3.14. The second kappa shape index (κ2) is 5.89. The van der Waals surface area contributed by atoms with E-state index in [2.05, 4.69) is 33.0 Å². The van der Waals surface area contributed by atoms with Gasteiger partial charge < -0.3 is 10.4 Å². The number of thioether (sulfide) groups is 1. The van der Waals surface area contributed by atoms with Gasteiger partial charge in [0.1, 0.15) is 0 Å². The predicted octanol–water partition coefficient (Wildman–Crippen LogP) is 1.88. The maximum Gasteiger partial charge on any atom is 0.0582 e. The van der Waals surface area contributed by atoms with Crippen molar-refractivity contribution in [3.63, 3.8) is 0 Å². The molecule has 0 aromatic rings. The summed E-state index contributed by atoms with van der Waals surface area (Å²) in [7, 11) is 0. The highest BCUT2D eigenvalue weighted by Gasteiger charge is 2.13. The number of hydrogen-bond acceptors (Lipinski definition) is 3. The zero-order chi connectivity index (χ0) is 10.5. The molecule has 0 aromatic heterocycles. The zero-order valence-corrected chi connectivity index (χ0v) is 10.2. The van der Waals surface area contributed by atoms with Crippen LogP contribution in [0.25, 0.3) is 0 Å². The number of rotatable bonds is 5. The molecule has 0 aliphatic rings. The molecule has 0 rings (SSSR count). The summed E-state index contributed by atoms with van der Waals surface area (Å²) in [6, 6.07) is 0.668. The Bertz CT molecular complexity index is 133. The van der Waals surface area contributed by atoms with E-state index in [1.807, 2.05) is 18.7 Å². The summed E-state index contributed by atoms with van der Waals surface area (Å²) < 4.78 is 0.332. The molecule has 0 aliphatic carbocycles. The van der Waals surface area contributed by atoms with E-state index in [-0.39, 0.29) is 12.6 Å². The van der Waals surface area contributed by atoms with Crippen LogP contribution in [0.15, 0.2) is 0 Å². The van der Waals surface area contributed by atoms with Gasteiger partial charge >= 0.3 is 0 Å². The largest absolute Gasteiger partial charge is 0.395 e. The standard InChI is InChI=1S/C10H23NOS/c1-8(6-12)11-9(2)7-13-10(3,4)5/h8-9,11-12H,6-7H2,1-5H3. The van der Waals surface area contributed by atoms with Gasteiger partial charge in [-0.25, -0.2) is 0 Å². The molecule has 0 aromatic carbocycles. The quantitative estimate of drug-likeness (QED) is 0.719. The van der Waals surface area contributed by atoms with Crippen LogP contribution in [-0.2, 0) is 0 Å². The number of nitrogens with one attached hydrogen (secondary N) is 1. The highest BCUT2D eigenvalue weighted by Crippen LogP contribution is 2.23. The normalized spacial score (nSPS) is 17.1. The van der Waals surface area contributed by atoms with Gasteiger partial charge in [0.2, 0.25) is 0 Å². The Labute approximate surface area is 86.5 Å². The van der Waals surface area contributed by atoms with Crippen molar-refractivity contribution >= 4 is 11.8 Å². The lowest BCUT2D eigenvalue weighted by atomic mass is 10.3. The van der Waals surface area contributed by atoms with Crippen LogP contribution in [0.4, 0.5) is 0 Å². The summed E-state index contributed by atoms with van der Waals surface area (Å²) in [6.45, 7) is 11.0. The summed E-state index contributed by atoms with van der Waals surface area (Å²) in [5, 5.41) is 12.2. The Balaban J connectivity index is 3.57. The first-order valence-corrected chi connectivity index (χ1v) is 5.84. The molecular weight excluding hydrogens is 182 g/mol. The van der Waals surface area contributed by atoms with Crippen LogP contribution in [0.3, 0.4) is 0 Å². The van der Waals surface area contributed by atoms with Gasteiger partial charge in [0.15, 0.2) is 0 Å². The summed E-state index contributed by atoms with van der Waals surface area (Å²) in [6.07, 6.45) is 0. The Morgan fingerprint density at radius 3 is 2.15 bits per heavy atom. The third-order valence-electron chi connectivity index (χ3n) is 1.61. The van der Waals surface area contributed by atoms with Crippen molar-refractivity contribution in [3.05, 3.63) is 0 Å². The summed E-state index contributed by atoms with van der Waals surface area (Å²) in [5.74, 6) is 1.09. The second-order valence-corrected chi connectivity index (χ2v) is 6.42. The Kier molecular flexibility index (Phi) is 6.01. The number of aliphatic hydroxyl groups is 1. The topological polar surface area (TPSA) is 32.3 Å². The van der Waals surface area contributed by atoms with Gasteiger partial charge in [0.25, 0.3) is 0 Å². The average Bonchev–Trinajstić information content (AvgIpc) is 1.99. The molecule has 0 bridgehead atoms. The molecule has 3 heteroatoms. The Morgan fingerprint density at radius 1 is 1.23 bits per heavy atom. The van der Waals surface area contributed by atoms with E-state index in [4.69, 9.17) is 5.11 Å². The third kappa shape index (κ3) is 8.60. The van der Waals surface area contributed by atoms with Crippen molar-refractivity contribution < 1.29 is 5.11 Å². The SMILES string of the molecule is CC(CO)NC(C)CSC(C)(C)C. The first kappa shape index (κ1) is 13.3. The van der Waals surface area contributed by atoms with Crippen molar-refractivity contribution in [3.8, 4) is 0 Å². The van der Waals surface area contributed by atoms with E-state index >= 15 is 0 Å². The lowest BCUT2D eigenvalue weighted by Crippen LogP contribution is -2.38. The highest BCUT2D eigenvalue weighted by molar-refractivity contribution is 8.00. The van der Waals surface area contributed by atoms with E-state index < -0.39 is 0 Å². The molecule has 2 N–H and O–H groups in total. The van der Waals surface area contributed by atoms with Gasteiger partial charge in [-0.05, 0) is 13.8 Å². The van der Waals surface area contributed by atoms with Gasteiger partial charge in [-0.15, -0.1) is 0 Å². The molecule has 80 valence electrons. The van der Waals surface area contributed by atoms with Crippen LogP contribution < -0.4 is 5.32 Å². The Morgan fingerprint density at radius 2 is 1.77 bits per heavy atom. The molecule has 0 heterocycles. The van der Waals surface area contributed by atoms with Gasteiger partial charge in [0.05, 0.1) is 6.61 Å². The van der Waals surface area contributed by atoms with Crippen molar-refractivity contribution in [1.29, 1.82) is 0 Å². The smallest absolute Gasteiger partial charge is 0.0582 e. The van der Waals surface area contributed by atoms with Gasteiger partial charge in [0, 0.05) is 22.6 Å². The summed E-state index contributed by atoms with van der Waals surface area (Å²) in [5.41, 5.74) is 0. The molecule has 0 amide bonds. The maximum absolute atomic E-state index is 8.84. The lowest BCUT2D eigenvalue weighted by Gasteiger charge is -2.23. The zero-order valence-electron chi connectivity index (χ0n) is 9.42. The molecule has 0 saturated carbocycles. The summed E-state index contributed by atoms with van der Waals surface area (Å²) >= 11 is 1.95. The lowest BCUT2D eigenvalue weighted by molar-refractivity contribution is 0.245. The van der Waals surface area contributed by atoms with E-state index in [0.29, 0.717) is 10.8 Å². The molecule has 2 atom stereocenters. The van der Waals surface area contributed by atoms with Crippen LogP contribution in [0.1, 0.15) is 34.6 Å². The number of hydrogen-bond donors (Lipinski definition) is 2. The van der Waals surface area contributed by atoms with Crippen LogP contribution in [0.2, 0.25) is 0 Å².